The predicted octanol–water partition coefficient (Wildman–Crippen LogP) is 3.91. The van der Waals surface area contributed by atoms with Gasteiger partial charge in [-0.05, 0) is 30.3 Å². The Morgan fingerprint density at radius 2 is 1.97 bits per heavy atom. The van der Waals surface area contributed by atoms with Crippen LogP contribution in [0.3, 0.4) is 0 Å². The molecule has 1 saturated heterocycles. The summed E-state index contributed by atoms with van der Waals surface area (Å²) in [5.74, 6) is 1.31. The lowest BCUT2D eigenvalue weighted by atomic mass is 9.92. The lowest BCUT2D eigenvalue weighted by Crippen LogP contribution is -2.44. The van der Waals surface area contributed by atoms with E-state index in [1.807, 2.05) is 0 Å². The Morgan fingerprint density at radius 3 is 2.53 bits per heavy atom. The van der Waals surface area contributed by atoms with Crippen molar-refractivity contribution in [2.24, 2.45) is 7.05 Å². The van der Waals surface area contributed by atoms with Crippen LogP contribution in [0.25, 0.3) is 5.70 Å². The standard InChI is InChI=1S/C18H15Cl2F3N4O2S/c1-27-15(16(28)24-12-7-30-8-12)5-13(25-27)14-6-17(29-26-14,18(21,22)23)9-2-10(19)4-11(20)3-9/h2-6,12,26H,7-8H2,1H3,(H,24,28). The van der Waals surface area contributed by atoms with Gasteiger partial charge in [0, 0.05) is 40.2 Å². The highest BCUT2D eigenvalue weighted by molar-refractivity contribution is 8.00. The summed E-state index contributed by atoms with van der Waals surface area (Å²) in [4.78, 5) is 17.4. The average molecular weight is 479 g/mol. The number of rotatable bonds is 4. The van der Waals surface area contributed by atoms with Crippen molar-refractivity contribution >= 4 is 46.6 Å². The molecule has 12 heteroatoms. The van der Waals surface area contributed by atoms with Gasteiger partial charge in [-0.25, -0.2) is 0 Å². The minimum Gasteiger partial charge on any atom is -0.346 e. The molecule has 1 unspecified atom stereocenters. The number of halogens is 5. The third-order valence-corrected chi connectivity index (χ3v) is 6.46. The van der Waals surface area contributed by atoms with Gasteiger partial charge in [-0.2, -0.15) is 30.0 Å². The Labute approximate surface area is 183 Å². The Kier molecular flexibility index (Phi) is 5.46. The Hall–Kier alpha value is -1.88. The van der Waals surface area contributed by atoms with Crippen LogP contribution in [-0.2, 0) is 17.5 Å². The first-order valence-electron chi connectivity index (χ1n) is 8.72. The summed E-state index contributed by atoms with van der Waals surface area (Å²) >= 11 is 13.5. The van der Waals surface area contributed by atoms with Crippen molar-refractivity contribution < 1.29 is 22.8 Å². The molecule has 6 nitrogen and oxygen atoms in total. The van der Waals surface area contributed by atoms with Crippen LogP contribution in [0.2, 0.25) is 10.0 Å². The van der Waals surface area contributed by atoms with Crippen molar-refractivity contribution in [1.82, 2.24) is 20.6 Å². The molecule has 0 aliphatic carbocycles. The summed E-state index contributed by atoms with van der Waals surface area (Å²) in [6.07, 6.45) is -3.96. The zero-order chi connectivity index (χ0) is 21.7. The van der Waals surface area contributed by atoms with Gasteiger partial charge in [0.25, 0.3) is 5.91 Å². The highest BCUT2D eigenvalue weighted by atomic mass is 35.5. The van der Waals surface area contributed by atoms with Crippen LogP contribution in [0.15, 0.2) is 30.3 Å². The number of amides is 1. The largest absolute Gasteiger partial charge is 0.428 e. The number of nitrogens with zero attached hydrogens (tertiary/aromatic N) is 2. The Morgan fingerprint density at radius 1 is 1.30 bits per heavy atom. The van der Waals surface area contributed by atoms with Crippen molar-refractivity contribution in [2.75, 3.05) is 11.5 Å². The Balaban J connectivity index is 1.70. The first-order valence-corrected chi connectivity index (χ1v) is 10.6. The number of thioether (sulfide) groups is 1. The van der Waals surface area contributed by atoms with Crippen LogP contribution >= 0.6 is 35.0 Å². The van der Waals surface area contributed by atoms with Gasteiger partial charge < -0.3 is 5.32 Å². The summed E-state index contributed by atoms with van der Waals surface area (Å²) in [6.45, 7) is 0. The molecule has 1 aromatic heterocycles. The van der Waals surface area contributed by atoms with Gasteiger partial charge in [0.2, 0.25) is 5.60 Å². The van der Waals surface area contributed by atoms with E-state index in [1.54, 1.807) is 11.8 Å². The Bertz CT molecular complexity index is 1020. The van der Waals surface area contributed by atoms with Crippen LogP contribution in [0.1, 0.15) is 21.7 Å². The van der Waals surface area contributed by atoms with Crippen LogP contribution in [-0.4, -0.2) is 39.4 Å². The van der Waals surface area contributed by atoms with E-state index in [1.165, 1.54) is 23.9 Å². The minimum atomic E-state index is -4.83. The van der Waals surface area contributed by atoms with Gasteiger partial charge in [-0.15, -0.1) is 0 Å². The minimum absolute atomic E-state index is 0.0303. The molecular weight excluding hydrogens is 464 g/mol. The maximum atomic E-state index is 14.1. The van der Waals surface area contributed by atoms with Crippen molar-refractivity contribution in [3.05, 3.63) is 57.3 Å². The quantitative estimate of drug-likeness (QED) is 0.697. The SMILES string of the molecule is Cn1nc(C2=CC(c3cc(Cl)cc(Cl)c3)(C(F)(F)F)ON2)cc1C(=O)NC1CSC1. The molecule has 3 heterocycles. The molecule has 2 N–H and O–H groups in total. The maximum Gasteiger partial charge on any atom is 0.428 e. The summed E-state index contributed by atoms with van der Waals surface area (Å²) in [5.41, 5.74) is -0.489. The molecule has 1 aromatic carbocycles. The number of nitrogens with one attached hydrogen (secondary N) is 2. The predicted molar refractivity (Wildman–Crippen MR) is 108 cm³/mol. The van der Waals surface area contributed by atoms with E-state index < -0.39 is 11.8 Å². The molecule has 1 amide bonds. The van der Waals surface area contributed by atoms with Crippen molar-refractivity contribution in [2.45, 2.75) is 17.8 Å². The van der Waals surface area contributed by atoms with Gasteiger partial charge in [-0.1, -0.05) is 23.2 Å². The number of benzene rings is 1. The highest BCUT2D eigenvalue weighted by Crippen LogP contribution is 2.48. The fourth-order valence-corrected chi connectivity index (χ4v) is 4.29. The summed E-state index contributed by atoms with van der Waals surface area (Å²) < 4.78 is 43.5. The van der Waals surface area contributed by atoms with E-state index in [-0.39, 0.29) is 44.6 Å². The molecule has 0 saturated carbocycles. The molecule has 2 aliphatic heterocycles. The fourth-order valence-electron chi connectivity index (χ4n) is 3.13. The molecule has 0 bridgehead atoms. The van der Waals surface area contributed by atoms with E-state index in [0.29, 0.717) is 0 Å². The van der Waals surface area contributed by atoms with Crippen LogP contribution in [0.5, 0.6) is 0 Å². The molecule has 2 aliphatic rings. The van der Waals surface area contributed by atoms with Gasteiger partial charge in [-0.3, -0.25) is 19.8 Å². The van der Waals surface area contributed by atoms with Gasteiger partial charge in [0.15, 0.2) is 0 Å². The van der Waals surface area contributed by atoms with E-state index in [9.17, 15) is 18.0 Å². The van der Waals surface area contributed by atoms with E-state index in [4.69, 9.17) is 28.0 Å². The third kappa shape index (κ3) is 3.77. The molecule has 160 valence electrons. The van der Waals surface area contributed by atoms with Crippen molar-refractivity contribution in [3.8, 4) is 0 Å². The number of alkyl halides is 3. The first kappa shape index (κ1) is 21.4. The second kappa shape index (κ2) is 7.67. The summed E-state index contributed by atoms with van der Waals surface area (Å²) in [5, 5.41) is 7.10. The van der Waals surface area contributed by atoms with E-state index in [2.05, 4.69) is 15.9 Å². The lowest BCUT2D eigenvalue weighted by molar-refractivity contribution is -0.269. The highest BCUT2D eigenvalue weighted by Gasteiger charge is 2.60. The second-order valence-electron chi connectivity index (χ2n) is 6.90. The molecule has 4 rings (SSSR count). The summed E-state index contributed by atoms with van der Waals surface area (Å²) in [7, 11) is 1.54. The smallest absolute Gasteiger partial charge is 0.346 e. The monoisotopic (exact) mass is 478 g/mol. The number of carbonyl (C=O) groups excluding carboxylic acids is 1. The number of hydrogen-bond acceptors (Lipinski definition) is 5. The van der Waals surface area contributed by atoms with Crippen LogP contribution < -0.4 is 10.8 Å². The molecule has 1 fully saturated rings. The number of hydrogen-bond donors (Lipinski definition) is 2. The molecule has 0 spiro atoms. The second-order valence-corrected chi connectivity index (χ2v) is 8.85. The number of aryl methyl sites for hydroxylation is 1. The molecule has 0 radical (unpaired) electrons. The number of carbonyl (C=O) groups is 1. The normalized spacial score (nSPS) is 21.7. The maximum absolute atomic E-state index is 14.1. The topological polar surface area (TPSA) is 68.2 Å². The van der Waals surface area contributed by atoms with Crippen LogP contribution in [0.4, 0.5) is 13.2 Å². The lowest BCUT2D eigenvalue weighted by Gasteiger charge is -2.28. The third-order valence-electron chi connectivity index (χ3n) is 4.74. The number of aromatic nitrogens is 2. The van der Waals surface area contributed by atoms with Gasteiger partial charge in [0.1, 0.15) is 11.4 Å². The van der Waals surface area contributed by atoms with Crippen LogP contribution in [0, 0.1) is 0 Å². The zero-order valence-corrected chi connectivity index (χ0v) is 17.7. The van der Waals surface area contributed by atoms with Gasteiger partial charge in [0.05, 0.1) is 5.70 Å². The van der Waals surface area contributed by atoms with Gasteiger partial charge >= 0.3 is 6.18 Å². The summed E-state index contributed by atoms with van der Waals surface area (Å²) in [6, 6.07) is 5.08. The van der Waals surface area contributed by atoms with E-state index >= 15 is 0 Å². The van der Waals surface area contributed by atoms with Crippen molar-refractivity contribution in [1.29, 1.82) is 0 Å². The fraction of sp³-hybridized carbons (Fsp3) is 0.333. The molecule has 2 aromatic rings. The molecule has 1 atom stereocenters. The van der Waals surface area contributed by atoms with E-state index in [0.717, 1.165) is 29.7 Å². The first-order chi connectivity index (χ1) is 14.1. The average Bonchev–Trinajstić information content (AvgIpc) is 3.21. The number of hydroxylamine groups is 1. The van der Waals surface area contributed by atoms with Crippen molar-refractivity contribution in [3.63, 3.8) is 0 Å². The molecular formula is C18H15Cl2F3N4O2S. The zero-order valence-electron chi connectivity index (χ0n) is 15.4. The molecule has 30 heavy (non-hydrogen) atoms.